The molecule has 0 saturated carbocycles. The Kier molecular flexibility index (Phi) is 7.43. The van der Waals surface area contributed by atoms with Crippen LogP contribution >= 0.6 is 0 Å². The van der Waals surface area contributed by atoms with Gasteiger partial charge in [0.15, 0.2) is 0 Å². The Labute approximate surface area is 90.2 Å². The van der Waals surface area contributed by atoms with E-state index in [0.29, 0.717) is 6.42 Å². The van der Waals surface area contributed by atoms with Gasteiger partial charge in [-0.2, -0.15) is 4.21 Å². The zero-order valence-corrected chi connectivity index (χ0v) is 8.94. The molecule has 0 radical (unpaired) electrons. The van der Waals surface area contributed by atoms with E-state index in [2.05, 4.69) is 0 Å². The molecule has 1 aromatic rings. The van der Waals surface area contributed by atoms with Crippen molar-refractivity contribution in [3.63, 3.8) is 0 Å². The smallest absolute Gasteiger partial charge is 0.299 e. The molecule has 15 heavy (non-hydrogen) atoms. The molecule has 0 aliphatic rings. The predicted molar refractivity (Wildman–Crippen MR) is 56.2 cm³/mol. The highest BCUT2D eigenvalue weighted by atomic mass is 32.2. The van der Waals surface area contributed by atoms with Crippen LogP contribution in [0.5, 0.6) is 5.75 Å². The van der Waals surface area contributed by atoms with Crippen molar-refractivity contribution in [3.8, 4) is 5.75 Å². The summed E-state index contributed by atoms with van der Waals surface area (Å²) in [4.78, 5) is 10.1. The third-order valence-corrected chi connectivity index (χ3v) is 1.48. The molecule has 2 N–H and O–H groups in total. The molecule has 0 aliphatic carbocycles. The molecular weight excluding hydrogens is 220 g/mol. The van der Waals surface area contributed by atoms with E-state index in [1.165, 1.54) is 0 Å². The Morgan fingerprint density at radius 3 is 2.13 bits per heavy atom. The largest absolute Gasteiger partial charge is 0.497 e. The second kappa shape index (κ2) is 8.10. The Balaban J connectivity index is 0.000000423. The first-order valence-electron chi connectivity index (χ1n) is 3.96. The van der Waals surface area contributed by atoms with Gasteiger partial charge in [-0.1, -0.05) is 12.1 Å². The number of hydrogen-bond acceptors (Lipinski definition) is 3. The summed E-state index contributed by atoms with van der Waals surface area (Å²) in [5.74, 6) is 0.819. The van der Waals surface area contributed by atoms with Gasteiger partial charge in [0, 0.05) is 6.42 Å². The Morgan fingerprint density at radius 1 is 1.33 bits per heavy atom. The van der Waals surface area contributed by atoms with E-state index in [9.17, 15) is 4.79 Å². The van der Waals surface area contributed by atoms with Crippen LogP contribution in [-0.2, 0) is 22.6 Å². The number of ether oxygens (including phenoxy) is 1. The van der Waals surface area contributed by atoms with Gasteiger partial charge < -0.3 is 9.53 Å². The van der Waals surface area contributed by atoms with Gasteiger partial charge in [0.05, 0.1) is 7.11 Å². The maximum absolute atomic E-state index is 10.1. The molecule has 0 aliphatic heterocycles. The lowest BCUT2D eigenvalue weighted by Gasteiger charge is -1.98. The molecule has 0 amide bonds. The van der Waals surface area contributed by atoms with Crippen molar-refractivity contribution >= 4 is 17.6 Å². The highest BCUT2D eigenvalue weighted by Crippen LogP contribution is 2.10. The topological polar surface area (TPSA) is 83.8 Å². The predicted octanol–water partition coefficient (Wildman–Crippen LogP) is 1.12. The highest BCUT2D eigenvalue weighted by molar-refractivity contribution is 7.73. The number of rotatable bonds is 3. The maximum atomic E-state index is 10.1. The zero-order chi connectivity index (χ0) is 11.7. The summed E-state index contributed by atoms with van der Waals surface area (Å²) in [5, 5.41) is 0. The van der Waals surface area contributed by atoms with Crippen molar-refractivity contribution in [2.24, 2.45) is 0 Å². The van der Waals surface area contributed by atoms with Crippen molar-refractivity contribution < 1.29 is 22.8 Å². The zero-order valence-electron chi connectivity index (χ0n) is 8.12. The summed E-state index contributed by atoms with van der Waals surface area (Å²) in [6.07, 6.45) is 1.37. The molecule has 0 aromatic heterocycles. The fraction of sp³-hybridized carbons (Fsp3) is 0.222. The minimum atomic E-state index is -2.61. The van der Waals surface area contributed by atoms with Crippen LogP contribution in [0.3, 0.4) is 0 Å². The summed E-state index contributed by atoms with van der Waals surface area (Å²) in [6, 6.07) is 7.46. The van der Waals surface area contributed by atoms with E-state index in [0.717, 1.165) is 17.6 Å². The van der Waals surface area contributed by atoms with E-state index in [-0.39, 0.29) is 0 Å². The molecule has 0 heterocycles. The molecule has 0 atom stereocenters. The van der Waals surface area contributed by atoms with Crippen molar-refractivity contribution in [1.82, 2.24) is 0 Å². The van der Waals surface area contributed by atoms with Crippen molar-refractivity contribution in [2.45, 2.75) is 6.42 Å². The lowest BCUT2D eigenvalue weighted by Crippen LogP contribution is -1.86. The number of carbonyl (C=O) groups is 1. The molecule has 0 bridgehead atoms. The fourth-order valence-electron chi connectivity index (χ4n) is 0.858. The van der Waals surface area contributed by atoms with Crippen LogP contribution in [0.25, 0.3) is 0 Å². The monoisotopic (exact) mass is 232 g/mol. The number of hydrogen-bond donors (Lipinski definition) is 2. The number of aldehydes is 1. The molecule has 6 heteroatoms. The minimum Gasteiger partial charge on any atom is -0.497 e. The third-order valence-electron chi connectivity index (χ3n) is 1.48. The van der Waals surface area contributed by atoms with E-state index >= 15 is 0 Å². The number of methoxy groups -OCH3 is 1. The number of carbonyl (C=O) groups excluding carboxylic acids is 1. The normalized spacial score (nSPS) is 9.07. The first-order chi connectivity index (χ1) is 7.10. The fourth-order valence-corrected chi connectivity index (χ4v) is 0.858. The Hall–Kier alpha value is -1.24. The van der Waals surface area contributed by atoms with Gasteiger partial charge >= 0.3 is 0 Å². The minimum absolute atomic E-state index is 0.476. The van der Waals surface area contributed by atoms with Gasteiger partial charge in [-0.3, -0.25) is 9.11 Å². The lowest BCUT2D eigenvalue weighted by atomic mass is 10.2. The SMILES string of the molecule is COc1ccc(CC=O)cc1.O=S(O)O. The van der Waals surface area contributed by atoms with Gasteiger partial charge in [0.25, 0.3) is 11.4 Å². The quantitative estimate of drug-likeness (QED) is 0.602. The molecule has 1 aromatic carbocycles. The molecule has 0 spiro atoms. The van der Waals surface area contributed by atoms with Crippen LogP contribution in [0.1, 0.15) is 5.56 Å². The molecule has 5 nitrogen and oxygen atoms in total. The van der Waals surface area contributed by atoms with Gasteiger partial charge in [-0.05, 0) is 17.7 Å². The highest BCUT2D eigenvalue weighted by Gasteiger charge is 1.91. The van der Waals surface area contributed by atoms with Crippen molar-refractivity contribution in [1.29, 1.82) is 0 Å². The standard InChI is InChI=1S/C9H10O2.H2O3S/c1-11-9-4-2-8(3-5-9)6-7-10;1-4(2)3/h2-5,7H,6H2,1H3;(H2,1,2,3). The van der Waals surface area contributed by atoms with Gasteiger partial charge in [-0.15, -0.1) is 0 Å². The van der Waals surface area contributed by atoms with Gasteiger partial charge in [0.1, 0.15) is 12.0 Å². The average Bonchev–Trinajstić information content (AvgIpc) is 2.19. The second-order valence-electron chi connectivity index (χ2n) is 2.45. The molecule has 0 saturated heterocycles. The molecule has 84 valence electrons. The van der Waals surface area contributed by atoms with Crippen molar-refractivity contribution in [3.05, 3.63) is 29.8 Å². The van der Waals surface area contributed by atoms with Crippen LogP contribution in [0.2, 0.25) is 0 Å². The first-order valence-corrected chi connectivity index (χ1v) is 5.03. The Bertz CT molecular complexity index is 305. The lowest BCUT2D eigenvalue weighted by molar-refractivity contribution is -0.107. The summed E-state index contributed by atoms with van der Waals surface area (Å²) < 4.78 is 27.8. The molecule has 1 rings (SSSR count). The summed E-state index contributed by atoms with van der Waals surface area (Å²) >= 11 is -2.61. The second-order valence-corrected chi connectivity index (χ2v) is 2.91. The number of benzene rings is 1. The maximum Gasteiger partial charge on any atom is 0.299 e. The average molecular weight is 232 g/mol. The first kappa shape index (κ1) is 13.8. The van der Waals surface area contributed by atoms with Crippen LogP contribution in [0, 0.1) is 0 Å². The van der Waals surface area contributed by atoms with Crippen LogP contribution in [0.15, 0.2) is 24.3 Å². The van der Waals surface area contributed by atoms with E-state index in [4.69, 9.17) is 18.1 Å². The molecule has 0 unspecified atom stereocenters. The molecular formula is C9H12O5S. The van der Waals surface area contributed by atoms with Gasteiger partial charge in [-0.25, -0.2) is 0 Å². The Morgan fingerprint density at radius 2 is 1.80 bits per heavy atom. The van der Waals surface area contributed by atoms with Crippen LogP contribution in [-0.4, -0.2) is 26.7 Å². The molecule has 0 fully saturated rings. The van der Waals surface area contributed by atoms with Crippen LogP contribution in [0.4, 0.5) is 0 Å². The van der Waals surface area contributed by atoms with E-state index in [1.807, 2.05) is 24.3 Å². The van der Waals surface area contributed by atoms with Crippen LogP contribution < -0.4 is 4.74 Å². The van der Waals surface area contributed by atoms with E-state index in [1.54, 1.807) is 7.11 Å². The van der Waals surface area contributed by atoms with Gasteiger partial charge in [0.2, 0.25) is 0 Å². The van der Waals surface area contributed by atoms with E-state index < -0.39 is 11.4 Å². The van der Waals surface area contributed by atoms with Crippen molar-refractivity contribution in [2.75, 3.05) is 7.11 Å². The third kappa shape index (κ3) is 7.80. The summed E-state index contributed by atoms with van der Waals surface area (Å²) in [6.45, 7) is 0. The summed E-state index contributed by atoms with van der Waals surface area (Å²) in [5.41, 5.74) is 1.01. The summed E-state index contributed by atoms with van der Waals surface area (Å²) in [7, 11) is 1.62.